The van der Waals surface area contributed by atoms with Crippen molar-refractivity contribution in [3.8, 4) is 11.5 Å². The van der Waals surface area contributed by atoms with Crippen LogP contribution in [0.4, 0.5) is 13.2 Å². The van der Waals surface area contributed by atoms with E-state index in [1.165, 1.54) is 12.2 Å². The first-order valence-electron chi connectivity index (χ1n) is 10.6. The fourth-order valence-corrected chi connectivity index (χ4v) is 3.86. The molecule has 0 saturated carbocycles. The lowest BCUT2D eigenvalue weighted by molar-refractivity contribution is -0.137. The van der Waals surface area contributed by atoms with Gasteiger partial charge in [-0.25, -0.2) is 0 Å². The summed E-state index contributed by atoms with van der Waals surface area (Å²) in [7, 11) is 3.11. The van der Waals surface area contributed by atoms with E-state index in [4.69, 9.17) is 25.8 Å². The van der Waals surface area contributed by atoms with Gasteiger partial charge in [-0.05, 0) is 47.5 Å². The number of carbonyl (C=O) groups excluding carboxylic acids is 1. The summed E-state index contributed by atoms with van der Waals surface area (Å²) in [6.45, 7) is 2.79. The number of amides is 1. The quantitative estimate of drug-likeness (QED) is 0.540. The molecule has 1 saturated heterocycles. The van der Waals surface area contributed by atoms with Gasteiger partial charge in [-0.15, -0.1) is 0 Å². The molecule has 0 aromatic heterocycles. The lowest BCUT2D eigenvalue weighted by atomic mass is 10.0. The minimum atomic E-state index is -4.50. The molecule has 0 spiro atoms. The Morgan fingerprint density at radius 3 is 2.50 bits per heavy atom. The minimum Gasteiger partial charge on any atom is -0.493 e. The van der Waals surface area contributed by atoms with Crippen LogP contribution in [0.2, 0.25) is 5.02 Å². The Morgan fingerprint density at radius 1 is 1.15 bits per heavy atom. The van der Waals surface area contributed by atoms with E-state index in [0.717, 1.165) is 23.8 Å². The molecule has 34 heavy (non-hydrogen) atoms. The van der Waals surface area contributed by atoms with Gasteiger partial charge in [0.2, 0.25) is 5.91 Å². The van der Waals surface area contributed by atoms with Crippen molar-refractivity contribution in [1.29, 1.82) is 0 Å². The van der Waals surface area contributed by atoms with E-state index in [1.54, 1.807) is 20.3 Å². The zero-order chi connectivity index (χ0) is 24.7. The molecule has 2 aromatic rings. The number of nitrogens with one attached hydrogen (secondary N) is 1. The number of nitrogens with zero attached hydrogens (tertiary/aromatic N) is 1. The van der Waals surface area contributed by atoms with Gasteiger partial charge in [-0.3, -0.25) is 9.69 Å². The molecule has 0 aliphatic carbocycles. The number of benzene rings is 2. The molecule has 1 amide bonds. The number of rotatable bonds is 8. The molecule has 1 unspecified atom stereocenters. The van der Waals surface area contributed by atoms with Gasteiger partial charge in [-0.2, -0.15) is 13.2 Å². The highest BCUT2D eigenvalue weighted by Gasteiger charge is 2.30. The van der Waals surface area contributed by atoms with Crippen molar-refractivity contribution in [2.24, 2.45) is 0 Å². The van der Waals surface area contributed by atoms with E-state index in [0.29, 0.717) is 37.8 Å². The Hall–Kier alpha value is -2.75. The molecule has 1 fully saturated rings. The number of hydrogen-bond donors (Lipinski definition) is 1. The minimum absolute atomic E-state index is 0.108. The van der Waals surface area contributed by atoms with Crippen molar-refractivity contribution in [1.82, 2.24) is 10.2 Å². The fraction of sp³-hybridized carbons (Fsp3) is 0.375. The van der Waals surface area contributed by atoms with Crippen LogP contribution in [0, 0.1) is 0 Å². The second kappa shape index (κ2) is 11.6. The normalized spacial score (nSPS) is 15.8. The Morgan fingerprint density at radius 2 is 1.85 bits per heavy atom. The first kappa shape index (κ1) is 25.9. The molecule has 1 heterocycles. The molecule has 3 rings (SSSR count). The second-order valence-electron chi connectivity index (χ2n) is 7.59. The van der Waals surface area contributed by atoms with Crippen molar-refractivity contribution >= 4 is 23.6 Å². The number of alkyl halides is 3. The van der Waals surface area contributed by atoms with Crippen LogP contribution in [-0.2, 0) is 15.7 Å². The number of methoxy groups -OCH3 is 2. The second-order valence-corrected chi connectivity index (χ2v) is 8.00. The number of morpholine rings is 1. The van der Waals surface area contributed by atoms with Crippen LogP contribution >= 0.6 is 11.6 Å². The maximum atomic E-state index is 13.0. The summed E-state index contributed by atoms with van der Waals surface area (Å²) in [5, 5.41) is 2.95. The molecule has 184 valence electrons. The summed E-state index contributed by atoms with van der Waals surface area (Å²) in [4.78, 5) is 14.7. The molecule has 0 radical (unpaired) electrons. The molecule has 0 bridgehead atoms. The Bertz CT molecular complexity index is 1020. The molecule has 6 nitrogen and oxygen atoms in total. The van der Waals surface area contributed by atoms with Crippen molar-refractivity contribution in [2.45, 2.75) is 12.2 Å². The van der Waals surface area contributed by atoms with Crippen molar-refractivity contribution in [3.63, 3.8) is 0 Å². The van der Waals surface area contributed by atoms with E-state index in [-0.39, 0.29) is 23.2 Å². The summed E-state index contributed by atoms with van der Waals surface area (Å²) < 4.78 is 55.1. The average molecular weight is 499 g/mol. The van der Waals surface area contributed by atoms with Crippen molar-refractivity contribution in [2.75, 3.05) is 47.1 Å². The van der Waals surface area contributed by atoms with E-state index < -0.39 is 17.6 Å². The van der Waals surface area contributed by atoms with Gasteiger partial charge in [0.25, 0.3) is 0 Å². The summed E-state index contributed by atoms with van der Waals surface area (Å²) in [6.07, 6.45) is -2.06. The van der Waals surface area contributed by atoms with E-state index >= 15 is 0 Å². The zero-order valence-corrected chi connectivity index (χ0v) is 19.6. The lowest BCUT2D eigenvalue weighted by Gasteiger charge is -2.35. The van der Waals surface area contributed by atoms with Crippen LogP contribution in [0.5, 0.6) is 11.5 Å². The van der Waals surface area contributed by atoms with Crippen LogP contribution < -0.4 is 14.8 Å². The topological polar surface area (TPSA) is 60.0 Å². The zero-order valence-electron chi connectivity index (χ0n) is 18.8. The third kappa shape index (κ3) is 6.65. The van der Waals surface area contributed by atoms with E-state index in [1.807, 2.05) is 12.1 Å². The first-order valence-corrected chi connectivity index (χ1v) is 11.0. The largest absolute Gasteiger partial charge is 0.493 e. The smallest absolute Gasteiger partial charge is 0.416 e. The highest BCUT2D eigenvalue weighted by Crippen LogP contribution is 2.33. The Labute approximate surface area is 201 Å². The van der Waals surface area contributed by atoms with Crippen LogP contribution in [0.1, 0.15) is 22.7 Å². The SMILES string of the molecule is COc1ccc(C(CNC(=O)C=Cc2cc(C(F)(F)F)ccc2Cl)N2CCOCC2)cc1OC. The number of hydrogen-bond acceptors (Lipinski definition) is 5. The molecular formula is C24H26ClF3N2O4. The van der Waals surface area contributed by atoms with Crippen molar-refractivity contribution in [3.05, 3.63) is 64.2 Å². The standard InChI is InChI=1S/C24H26ClF3N2O4/c1-32-21-7-3-17(14-22(21)33-2)20(30-9-11-34-12-10-30)15-29-23(31)8-4-16-13-18(24(26,27)28)5-6-19(16)25/h3-8,13-14,20H,9-12,15H2,1-2H3,(H,29,31). The molecule has 10 heteroatoms. The highest BCUT2D eigenvalue weighted by molar-refractivity contribution is 6.32. The number of carbonyl (C=O) groups is 1. The maximum absolute atomic E-state index is 13.0. The summed E-state index contributed by atoms with van der Waals surface area (Å²) in [5.74, 6) is 0.716. The van der Waals surface area contributed by atoms with Gasteiger partial charge in [-0.1, -0.05) is 17.7 Å². The van der Waals surface area contributed by atoms with Gasteiger partial charge in [0.15, 0.2) is 11.5 Å². The molecule has 1 atom stereocenters. The predicted octanol–water partition coefficient (Wildman–Crippen LogP) is 4.58. The third-order valence-electron chi connectivity index (χ3n) is 5.49. The van der Waals surface area contributed by atoms with Gasteiger partial charge in [0, 0.05) is 30.7 Å². The van der Waals surface area contributed by atoms with E-state index in [2.05, 4.69) is 10.2 Å². The first-order chi connectivity index (χ1) is 16.2. The number of ether oxygens (including phenoxy) is 3. The fourth-order valence-electron chi connectivity index (χ4n) is 3.68. The molecule has 1 N–H and O–H groups in total. The molecular weight excluding hydrogens is 473 g/mol. The lowest BCUT2D eigenvalue weighted by Crippen LogP contribution is -2.43. The van der Waals surface area contributed by atoms with E-state index in [9.17, 15) is 18.0 Å². The van der Waals surface area contributed by atoms with Crippen LogP contribution in [0.3, 0.4) is 0 Å². The molecule has 1 aliphatic rings. The molecule has 2 aromatic carbocycles. The summed E-state index contributed by atoms with van der Waals surface area (Å²) in [6, 6.07) is 8.38. The summed E-state index contributed by atoms with van der Waals surface area (Å²) >= 11 is 6.00. The number of halogens is 4. The predicted molar refractivity (Wildman–Crippen MR) is 123 cm³/mol. The maximum Gasteiger partial charge on any atom is 0.416 e. The van der Waals surface area contributed by atoms with Gasteiger partial charge in [0.1, 0.15) is 0 Å². The average Bonchev–Trinajstić information content (AvgIpc) is 2.83. The Balaban J connectivity index is 1.75. The van der Waals surface area contributed by atoms with Gasteiger partial charge in [0.05, 0.1) is 39.0 Å². The summed E-state index contributed by atoms with van der Waals surface area (Å²) in [5.41, 5.74) is 0.193. The van der Waals surface area contributed by atoms with Crippen LogP contribution in [0.15, 0.2) is 42.5 Å². The van der Waals surface area contributed by atoms with Crippen LogP contribution in [0.25, 0.3) is 6.08 Å². The monoisotopic (exact) mass is 498 g/mol. The third-order valence-corrected chi connectivity index (χ3v) is 5.83. The van der Waals surface area contributed by atoms with Gasteiger partial charge >= 0.3 is 6.18 Å². The van der Waals surface area contributed by atoms with Crippen LogP contribution in [-0.4, -0.2) is 57.9 Å². The Kier molecular flexibility index (Phi) is 8.82. The molecule has 1 aliphatic heterocycles. The van der Waals surface area contributed by atoms with Crippen molar-refractivity contribution < 1.29 is 32.2 Å². The van der Waals surface area contributed by atoms with Gasteiger partial charge < -0.3 is 19.5 Å². The highest BCUT2D eigenvalue weighted by atomic mass is 35.5.